The van der Waals surface area contributed by atoms with Crippen LogP contribution >= 0.6 is 0 Å². The van der Waals surface area contributed by atoms with Crippen LogP contribution in [0, 0.1) is 5.92 Å². The van der Waals surface area contributed by atoms with E-state index in [-0.39, 0.29) is 17.9 Å². The van der Waals surface area contributed by atoms with Crippen LogP contribution in [-0.4, -0.2) is 52.9 Å². The van der Waals surface area contributed by atoms with Gasteiger partial charge in [0.2, 0.25) is 0 Å². The first kappa shape index (κ1) is 20.6. The number of ether oxygens (including phenoxy) is 1. The third kappa shape index (κ3) is 4.47. The van der Waals surface area contributed by atoms with Gasteiger partial charge in [-0.1, -0.05) is 26.2 Å². The highest BCUT2D eigenvalue weighted by atomic mass is 16.5. The molecule has 4 amide bonds. The minimum absolute atomic E-state index is 0.127. The van der Waals surface area contributed by atoms with Crippen molar-refractivity contribution in [2.24, 2.45) is 5.92 Å². The molecule has 0 unspecified atom stereocenters. The Morgan fingerprint density at radius 1 is 1.18 bits per heavy atom. The standard InChI is InChI=1S/C20H31N3O5/c1-13-8-10-20(11-9-13)18(26)23(19(27)22-20)12-16(24)28-14(2)17(25)21-15-6-4-3-5-7-15/h13-15H,3-12H2,1-2H3,(H,21,25)(H,22,27)/t13?,14-,20?/m0/s1. The predicted molar refractivity (Wildman–Crippen MR) is 101 cm³/mol. The third-order valence-corrected chi connectivity index (χ3v) is 6.29. The molecule has 0 aromatic carbocycles. The van der Waals surface area contributed by atoms with Gasteiger partial charge >= 0.3 is 12.0 Å². The van der Waals surface area contributed by atoms with Gasteiger partial charge in [-0.3, -0.25) is 19.3 Å². The van der Waals surface area contributed by atoms with E-state index < -0.39 is 30.2 Å². The highest BCUT2D eigenvalue weighted by Crippen LogP contribution is 2.36. The van der Waals surface area contributed by atoms with E-state index in [1.807, 2.05) is 0 Å². The average molecular weight is 393 g/mol. The molecule has 1 saturated heterocycles. The Balaban J connectivity index is 1.50. The van der Waals surface area contributed by atoms with Gasteiger partial charge in [-0.25, -0.2) is 4.79 Å². The Labute approximate surface area is 165 Å². The molecule has 28 heavy (non-hydrogen) atoms. The zero-order chi connectivity index (χ0) is 20.3. The van der Waals surface area contributed by atoms with Gasteiger partial charge < -0.3 is 15.4 Å². The van der Waals surface area contributed by atoms with Crippen molar-refractivity contribution in [2.75, 3.05) is 6.54 Å². The summed E-state index contributed by atoms with van der Waals surface area (Å²) in [6.45, 7) is 3.16. The molecule has 2 aliphatic carbocycles. The summed E-state index contributed by atoms with van der Waals surface area (Å²) in [7, 11) is 0. The molecule has 0 aromatic rings. The third-order valence-electron chi connectivity index (χ3n) is 6.29. The van der Waals surface area contributed by atoms with Gasteiger partial charge in [-0.2, -0.15) is 0 Å². The number of nitrogens with one attached hydrogen (secondary N) is 2. The average Bonchev–Trinajstić information content (AvgIpc) is 2.89. The molecule has 3 fully saturated rings. The lowest BCUT2D eigenvalue weighted by molar-refractivity contribution is -0.157. The van der Waals surface area contributed by atoms with Gasteiger partial charge in [0.25, 0.3) is 11.8 Å². The normalized spacial score (nSPS) is 29.5. The summed E-state index contributed by atoms with van der Waals surface area (Å²) in [4.78, 5) is 50.4. The second-order valence-electron chi connectivity index (χ2n) is 8.56. The number of hydrogen-bond acceptors (Lipinski definition) is 5. The van der Waals surface area contributed by atoms with Crippen molar-refractivity contribution in [1.29, 1.82) is 0 Å². The highest BCUT2D eigenvalue weighted by molar-refractivity contribution is 6.08. The summed E-state index contributed by atoms with van der Waals surface area (Å²) in [5, 5.41) is 5.69. The van der Waals surface area contributed by atoms with Crippen LogP contribution in [0.15, 0.2) is 0 Å². The number of urea groups is 1. The Kier molecular flexibility index (Phi) is 6.25. The van der Waals surface area contributed by atoms with Crippen LogP contribution in [0.25, 0.3) is 0 Å². The van der Waals surface area contributed by atoms with E-state index in [1.165, 1.54) is 13.3 Å². The van der Waals surface area contributed by atoms with Gasteiger partial charge in [-0.15, -0.1) is 0 Å². The first-order chi connectivity index (χ1) is 13.3. The fourth-order valence-corrected chi connectivity index (χ4v) is 4.40. The molecule has 3 rings (SSSR count). The lowest BCUT2D eigenvalue weighted by Crippen LogP contribution is -2.49. The molecule has 1 heterocycles. The van der Waals surface area contributed by atoms with Crippen molar-refractivity contribution in [2.45, 2.75) is 89.3 Å². The smallest absolute Gasteiger partial charge is 0.327 e. The first-order valence-corrected chi connectivity index (χ1v) is 10.4. The molecule has 2 N–H and O–H groups in total. The number of esters is 1. The van der Waals surface area contributed by atoms with Crippen LogP contribution in [0.3, 0.4) is 0 Å². The summed E-state index contributed by atoms with van der Waals surface area (Å²) < 4.78 is 5.18. The van der Waals surface area contributed by atoms with Gasteiger partial charge in [0, 0.05) is 6.04 Å². The SMILES string of the molecule is CC1CCC2(CC1)NC(=O)N(CC(=O)O[C@@H](C)C(=O)NC1CCCCC1)C2=O. The fraction of sp³-hybridized carbons (Fsp3) is 0.800. The number of rotatable bonds is 5. The molecule has 1 aliphatic heterocycles. The second-order valence-corrected chi connectivity index (χ2v) is 8.56. The molecular weight excluding hydrogens is 362 g/mol. The molecule has 1 spiro atoms. The Bertz CT molecular complexity index is 636. The van der Waals surface area contributed by atoms with E-state index in [1.54, 1.807) is 0 Å². The number of carbonyl (C=O) groups excluding carboxylic acids is 4. The largest absolute Gasteiger partial charge is 0.451 e. The number of hydrogen-bond donors (Lipinski definition) is 2. The fourth-order valence-electron chi connectivity index (χ4n) is 4.40. The molecule has 0 aromatic heterocycles. The van der Waals surface area contributed by atoms with E-state index >= 15 is 0 Å². The van der Waals surface area contributed by atoms with E-state index in [9.17, 15) is 19.2 Å². The Morgan fingerprint density at radius 2 is 1.82 bits per heavy atom. The monoisotopic (exact) mass is 393 g/mol. The molecule has 3 aliphatic rings. The first-order valence-electron chi connectivity index (χ1n) is 10.4. The van der Waals surface area contributed by atoms with E-state index in [2.05, 4.69) is 17.6 Å². The maximum Gasteiger partial charge on any atom is 0.327 e. The molecule has 156 valence electrons. The quantitative estimate of drug-likeness (QED) is 0.548. The summed E-state index contributed by atoms with van der Waals surface area (Å²) in [6.07, 6.45) is 7.19. The summed E-state index contributed by atoms with van der Waals surface area (Å²) in [6, 6.07) is -0.433. The summed E-state index contributed by atoms with van der Waals surface area (Å²) >= 11 is 0. The molecule has 0 radical (unpaired) electrons. The molecule has 2 saturated carbocycles. The van der Waals surface area contributed by atoms with Crippen LogP contribution in [0.1, 0.15) is 71.6 Å². The zero-order valence-electron chi connectivity index (χ0n) is 16.8. The Morgan fingerprint density at radius 3 is 2.46 bits per heavy atom. The van der Waals surface area contributed by atoms with Crippen LogP contribution in [0.2, 0.25) is 0 Å². The predicted octanol–water partition coefficient (Wildman–Crippen LogP) is 1.87. The summed E-state index contributed by atoms with van der Waals surface area (Å²) in [5.41, 5.74) is -0.881. The Hall–Kier alpha value is -2.12. The minimum Gasteiger partial charge on any atom is -0.451 e. The van der Waals surface area contributed by atoms with Gasteiger partial charge in [0.1, 0.15) is 12.1 Å². The number of imide groups is 1. The van der Waals surface area contributed by atoms with Crippen molar-refractivity contribution in [3.05, 3.63) is 0 Å². The van der Waals surface area contributed by atoms with Gasteiger partial charge in [0.05, 0.1) is 0 Å². The maximum absolute atomic E-state index is 12.8. The van der Waals surface area contributed by atoms with Crippen LogP contribution in [0.5, 0.6) is 0 Å². The van der Waals surface area contributed by atoms with Crippen molar-refractivity contribution < 1.29 is 23.9 Å². The highest BCUT2D eigenvalue weighted by Gasteiger charge is 2.52. The molecular formula is C20H31N3O5. The molecule has 8 nitrogen and oxygen atoms in total. The van der Waals surface area contributed by atoms with Gasteiger partial charge in [0.15, 0.2) is 6.10 Å². The van der Waals surface area contributed by atoms with Crippen molar-refractivity contribution in [1.82, 2.24) is 15.5 Å². The van der Waals surface area contributed by atoms with Crippen molar-refractivity contribution >= 4 is 23.8 Å². The topological polar surface area (TPSA) is 105 Å². The lowest BCUT2D eigenvalue weighted by Gasteiger charge is -2.33. The van der Waals surface area contributed by atoms with Crippen molar-refractivity contribution in [3.8, 4) is 0 Å². The van der Waals surface area contributed by atoms with Crippen LogP contribution in [-0.2, 0) is 19.1 Å². The van der Waals surface area contributed by atoms with E-state index in [4.69, 9.17) is 4.74 Å². The van der Waals surface area contributed by atoms with E-state index in [0.717, 1.165) is 43.4 Å². The maximum atomic E-state index is 12.8. The number of nitrogens with zero attached hydrogens (tertiary/aromatic N) is 1. The number of amides is 4. The second kappa shape index (κ2) is 8.49. The minimum atomic E-state index is -0.959. The lowest BCUT2D eigenvalue weighted by atomic mass is 9.77. The van der Waals surface area contributed by atoms with Crippen LogP contribution < -0.4 is 10.6 Å². The van der Waals surface area contributed by atoms with Crippen molar-refractivity contribution in [3.63, 3.8) is 0 Å². The van der Waals surface area contributed by atoms with Crippen LogP contribution in [0.4, 0.5) is 4.79 Å². The molecule has 8 heteroatoms. The van der Waals surface area contributed by atoms with E-state index in [0.29, 0.717) is 18.8 Å². The zero-order valence-corrected chi connectivity index (χ0v) is 16.8. The van der Waals surface area contributed by atoms with Gasteiger partial charge in [-0.05, 0) is 51.4 Å². The summed E-state index contributed by atoms with van der Waals surface area (Å²) in [5.74, 6) is -0.926. The molecule has 1 atom stereocenters. The number of carbonyl (C=O) groups is 4. The molecule has 0 bridgehead atoms.